The molecule has 32 heavy (non-hydrogen) atoms. The van der Waals surface area contributed by atoms with Crippen molar-refractivity contribution < 1.29 is 31.8 Å². The molecule has 0 aromatic heterocycles. The molecule has 3 aromatic carbocycles. The van der Waals surface area contributed by atoms with Gasteiger partial charge in [0.1, 0.15) is 16.9 Å². The van der Waals surface area contributed by atoms with Crippen molar-refractivity contribution >= 4 is 0 Å². The fourth-order valence-electron chi connectivity index (χ4n) is 3.12. The van der Waals surface area contributed by atoms with Crippen LogP contribution in [0.2, 0.25) is 0 Å². The summed E-state index contributed by atoms with van der Waals surface area (Å²) < 4.78 is 72.2. The first-order chi connectivity index (χ1) is 15.2. The van der Waals surface area contributed by atoms with Gasteiger partial charge >= 0.3 is 6.18 Å². The van der Waals surface area contributed by atoms with Crippen LogP contribution < -0.4 is 9.47 Å². The number of hydrogen-bond acceptors (Lipinski definition) is 3. The van der Waals surface area contributed by atoms with Crippen LogP contribution in [0.5, 0.6) is 17.2 Å². The Morgan fingerprint density at radius 3 is 2.16 bits per heavy atom. The van der Waals surface area contributed by atoms with Crippen molar-refractivity contribution in [3.05, 3.63) is 89.7 Å². The third-order valence-electron chi connectivity index (χ3n) is 5.05. The van der Waals surface area contributed by atoms with Gasteiger partial charge in [0.05, 0.1) is 19.8 Å². The highest BCUT2D eigenvalue weighted by Crippen LogP contribution is 2.41. The number of ether oxygens (including phenoxy) is 3. The highest BCUT2D eigenvalue weighted by molar-refractivity contribution is 5.35. The molecule has 0 heterocycles. The summed E-state index contributed by atoms with van der Waals surface area (Å²) in [6.07, 6.45) is -4.54. The van der Waals surface area contributed by atoms with Gasteiger partial charge in [-0.05, 0) is 61.4 Å². The maximum absolute atomic E-state index is 14.1. The minimum absolute atomic E-state index is 0.0256. The minimum atomic E-state index is -4.54. The molecule has 3 nitrogen and oxygen atoms in total. The molecule has 0 bridgehead atoms. The van der Waals surface area contributed by atoms with Crippen LogP contribution in [-0.2, 0) is 16.8 Å². The van der Waals surface area contributed by atoms with Gasteiger partial charge in [0, 0.05) is 0 Å². The van der Waals surface area contributed by atoms with E-state index < -0.39 is 24.0 Å². The van der Waals surface area contributed by atoms with E-state index in [9.17, 15) is 17.6 Å². The average Bonchev–Trinajstić information content (AvgIpc) is 2.76. The van der Waals surface area contributed by atoms with Gasteiger partial charge in [0.2, 0.25) is 0 Å². The summed E-state index contributed by atoms with van der Waals surface area (Å²) in [5.41, 5.74) is -1.66. The van der Waals surface area contributed by atoms with Crippen molar-refractivity contribution in [2.24, 2.45) is 0 Å². The van der Waals surface area contributed by atoms with Crippen molar-refractivity contribution in [1.29, 1.82) is 0 Å². The molecule has 0 fully saturated rings. The standard InChI is InChI=1S/C25H24F4O3/c1-3-31-20-12-10-19(11-13-20)24(2,25(27,28)29)17-30-16-18-9-14-22(26)23(15-18)32-21-7-5-4-6-8-21/h4-15H,3,16-17H2,1-2H3. The molecule has 0 N–H and O–H groups in total. The van der Waals surface area contributed by atoms with Gasteiger partial charge < -0.3 is 14.2 Å². The van der Waals surface area contributed by atoms with Crippen LogP contribution in [0.25, 0.3) is 0 Å². The SMILES string of the molecule is CCOc1ccc(C(C)(COCc2ccc(F)c(Oc3ccccc3)c2)C(F)(F)F)cc1. The van der Waals surface area contributed by atoms with Gasteiger partial charge in [-0.3, -0.25) is 0 Å². The Labute approximate surface area is 184 Å². The smallest absolute Gasteiger partial charge is 0.400 e. The van der Waals surface area contributed by atoms with E-state index in [1.165, 1.54) is 42.5 Å². The molecule has 0 amide bonds. The third-order valence-corrected chi connectivity index (χ3v) is 5.05. The maximum Gasteiger partial charge on any atom is 0.400 e. The van der Waals surface area contributed by atoms with Gasteiger partial charge in [-0.1, -0.05) is 36.4 Å². The van der Waals surface area contributed by atoms with Crippen LogP contribution in [0.3, 0.4) is 0 Å². The van der Waals surface area contributed by atoms with E-state index in [-0.39, 0.29) is 17.9 Å². The summed E-state index contributed by atoms with van der Waals surface area (Å²) in [6.45, 7) is 2.59. The van der Waals surface area contributed by atoms with Crippen molar-refractivity contribution in [2.45, 2.75) is 32.0 Å². The van der Waals surface area contributed by atoms with Crippen molar-refractivity contribution in [2.75, 3.05) is 13.2 Å². The number of para-hydroxylation sites is 1. The van der Waals surface area contributed by atoms with Crippen LogP contribution in [0.4, 0.5) is 17.6 Å². The number of alkyl halides is 3. The molecule has 0 radical (unpaired) electrons. The molecule has 0 saturated heterocycles. The summed E-state index contributed by atoms with van der Waals surface area (Å²) in [5, 5.41) is 0. The quantitative estimate of drug-likeness (QED) is 0.328. The summed E-state index contributed by atoms with van der Waals surface area (Å²) in [7, 11) is 0. The Kier molecular flexibility index (Phi) is 7.40. The predicted molar refractivity (Wildman–Crippen MR) is 114 cm³/mol. The van der Waals surface area contributed by atoms with Crippen molar-refractivity contribution in [1.82, 2.24) is 0 Å². The Balaban J connectivity index is 1.71. The van der Waals surface area contributed by atoms with Crippen LogP contribution in [0.1, 0.15) is 25.0 Å². The molecule has 170 valence electrons. The number of halogens is 4. The van der Waals surface area contributed by atoms with Gasteiger partial charge in [0.15, 0.2) is 11.6 Å². The lowest BCUT2D eigenvalue weighted by Gasteiger charge is -2.32. The van der Waals surface area contributed by atoms with E-state index >= 15 is 0 Å². The number of rotatable bonds is 9. The van der Waals surface area contributed by atoms with E-state index in [0.717, 1.165) is 6.92 Å². The number of benzene rings is 3. The van der Waals surface area contributed by atoms with E-state index in [1.807, 2.05) is 0 Å². The molecule has 7 heteroatoms. The summed E-state index contributed by atoms with van der Waals surface area (Å²) >= 11 is 0. The van der Waals surface area contributed by atoms with E-state index in [2.05, 4.69) is 0 Å². The summed E-state index contributed by atoms with van der Waals surface area (Å²) in [4.78, 5) is 0. The Morgan fingerprint density at radius 2 is 1.53 bits per heavy atom. The lowest BCUT2D eigenvalue weighted by Crippen LogP contribution is -2.43. The molecule has 1 atom stereocenters. The first-order valence-corrected chi connectivity index (χ1v) is 10.1. The normalized spacial score (nSPS) is 13.4. The molecule has 0 aliphatic rings. The fourth-order valence-corrected chi connectivity index (χ4v) is 3.12. The summed E-state index contributed by atoms with van der Waals surface area (Å²) in [6, 6.07) is 18.5. The maximum atomic E-state index is 14.1. The highest BCUT2D eigenvalue weighted by Gasteiger charge is 2.52. The van der Waals surface area contributed by atoms with Gasteiger partial charge in [-0.15, -0.1) is 0 Å². The molecular weight excluding hydrogens is 424 g/mol. The van der Waals surface area contributed by atoms with E-state index in [1.54, 1.807) is 37.3 Å². The van der Waals surface area contributed by atoms with Crippen molar-refractivity contribution in [3.8, 4) is 17.2 Å². The van der Waals surface area contributed by atoms with E-state index in [0.29, 0.717) is 23.7 Å². The van der Waals surface area contributed by atoms with Crippen LogP contribution in [0, 0.1) is 5.82 Å². The molecular formula is C25H24F4O3. The van der Waals surface area contributed by atoms with Crippen LogP contribution in [0.15, 0.2) is 72.8 Å². The molecule has 0 aliphatic carbocycles. The lowest BCUT2D eigenvalue weighted by atomic mass is 9.82. The Hall–Kier alpha value is -3.06. The predicted octanol–water partition coefficient (Wildman–Crippen LogP) is 7.05. The Bertz CT molecular complexity index is 1000. The largest absolute Gasteiger partial charge is 0.494 e. The second-order valence-electron chi connectivity index (χ2n) is 7.46. The molecule has 0 saturated carbocycles. The highest BCUT2D eigenvalue weighted by atomic mass is 19.4. The second kappa shape index (κ2) is 10.0. The zero-order chi connectivity index (χ0) is 23.2. The first-order valence-electron chi connectivity index (χ1n) is 10.1. The van der Waals surface area contributed by atoms with Gasteiger partial charge in [-0.2, -0.15) is 13.2 Å². The summed E-state index contributed by atoms with van der Waals surface area (Å²) in [5.74, 6) is 0.345. The topological polar surface area (TPSA) is 27.7 Å². The minimum Gasteiger partial charge on any atom is -0.494 e. The molecule has 0 aliphatic heterocycles. The zero-order valence-corrected chi connectivity index (χ0v) is 17.8. The van der Waals surface area contributed by atoms with Crippen LogP contribution >= 0.6 is 0 Å². The van der Waals surface area contributed by atoms with Crippen LogP contribution in [-0.4, -0.2) is 19.4 Å². The third kappa shape index (κ3) is 5.59. The lowest BCUT2D eigenvalue weighted by molar-refractivity contribution is -0.201. The average molecular weight is 448 g/mol. The molecule has 3 rings (SSSR count). The molecule has 1 unspecified atom stereocenters. The van der Waals surface area contributed by atoms with Gasteiger partial charge in [0.25, 0.3) is 0 Å². The molecule has 3 aromatic rings. The Morgan fingerprint density at radius 1 is 0.844 bits per heavy atom. The zero-order valence-electron chi connectivity index (χ0n) is 17.8. The van der Waals surface area contributed by atoms with Gasteiger partial charge in [-0.25, -0.2) is 4.39 Å². The van der Waals surface area contributed by atoms with Crippen molar-refractivity contribution in [3.63, 3.8) is 0 Å². The number of hydrogen-bond donors (Lipinski definition) is 0. The molecule has 0 spiro atoms. The second-order valence-corrected chi connectivity index (χ2v) is 7.46. The fraction of sp³-hybridized carbons (Fsp3) is 0.280. The first kappa shape index (κ1) is 23.6. The van der Waals surface area contributed by atoms with E-state index in [4.69, 9.17) is 14.2 Å². The monoisotopic (exact) mass is 448 g/mol.